The van der Waals surface area contributed by atoms with Crippen molar-refractivity contribution >= 4 is 11.6 Å². The van der Waals surface area contributed by atoms with Gasteiger partial charge in [-0.25, -0.2) is 4.98 Å². The number of aliphatic hydroxyl groups is 1. The van der Waals surface area contributed by atoms with Gasteiger partial charge in [0.15, 0.2) is 0 Å². The molecule has 0 aromatic carbocycles. The van der Waals surface area contributed by atoms with Crippen molar-refractivity contribution in [3.63, 3.8) is 0 Å². The summed E-state index contributed by atoms with van der Waals surface area (Å²) in [6, 6.07) is 3.90. The van der Waals surface area contributed by atoms with E-state index in [9.17, 15) is 5.11 Å². The number of anilines is 1. The molecule has 0 amide bonds. The maximum absolute atomic E-state index is 11.0. The highest BCUT2D eigenvalue weighted by Crippen LogP contribution is 2.34. The number of nitrogens with zero attached hydrogens (tertiary/aromatic N) is 7. The molecule has 1 aliphatic rings. The van der Waals surface area contributed by atoms with Crippen molar-refractivity contribution in [3.8, 4) is 0 Å². The molecule has 1 saturated heterocycles. The highest BCUT2D eigenvalue weighted by molar-refractivity contribution is 5.47. The fourth-order valence-electron chi connectivity index (χ4n) is 3.33. The van der Waals surface area contributed by atoms with Crippen LogP contribution in [0.25, 0.3) is 5.78 Å². The Morgan fingerprint density at radius 3 is 2.70 bits per heavy atom. The van der Waals surface area contributed by atoms with Gasteiger partial charge in [-0.05, 0) is 25.8 Å². The molecule has 0 saturated carbocycles. The first-order valence-corrected chi connectivity index (χ1v) is 7.70. The van der Waals surface area contributed by atoms with E-state index < -0.39 is 5.60 Å². The molecule has 0 unspecified atom stereocenters. The van der Waals surface area contributed by atoms with Crippen LogP contribution in [0.1, 0.15) is 24.2 Å². The lowest BCUT2D eigenvalue weighted by atomic mass is 9.88. The van der Waals surface area contributed by atoms with Crippen molar-refractivity contribution in [3.05, 3.63) is 36.0 Å². The minimum absolute atomic E-state index is 0.604. The molecule has 0 radical (unpaired) electrons. The SMILES string of the molecule is Cc1cc(N2CCC(O)(c3ccnn3C)CC2)n2ncnc2n1. The molecule has 1 fully saturated rings. The van der Waals surface area contributed by atoms with E-state index in [4.69, 9.17) is 0 Å². The molecule has 1 N–H and O–H groups in total. The molecule has 0 spiro atoms. The minimum atomic E-state index is -0.828. The van der Waals surface area contributed by atoms with Crippen LogP contribution in [0.3, 0.4) is 0 Å². The Labute approximate surface area is 133 Å². The number of aromatic nitrogens is 6. The first-order valence-electron chi connectivity index (χ1n) is 7.70. The van der Waals surface area contributed by atoms with Gasteiger partial charge in [0, 0.05) is 38.1 Å². The van der Waals surface area contributed by atoms with Crippen molar-refractivity contribution in [2.45, 2.75) is 25.4 Å². The van der Waals surface area contributed by atoms with Gasteiger partial charge in [-0.1, -0.05) is 0 Å². The number of fused-ring (bicyclic) bond motifs is 1. The summed E-state index contributed by atoms with van der Waals surface area (Å²) in [6.07, 6.45) is 4.53. The van der Waals surface area contributed by atoms with E-state index in [0.29, 0.717) is 18.6 Å². The largest absolute Gasteiger partial charge is 0.383 e. The fourth-order valence-corrected chi connectivity index (χ4v) is 3.33. The second kappa shape index (κ2) is 5.02. The summed E-state index contributed by atoms with van der Waals surface area (Å²) >= 11 is 0. The summed E-state index contributed by atoms with van der Waals surface area (Å²) in [5.74, 6) is 1.57. The van der Waals surface area contributed by atoms with Crippen LogP contribution in [0.5, 0.6) is 0 Å². The summed E-state index contributed by atoms with van der Waals surface area (Å²) in [6.45, 7) is 3.42. The first-order chi connectivity index (χ1) is 11.1. The van der Waals surface area contributed by atoms with Gasteiger partial charge in [-0.3, -0.25) is 4.68 Å². The molecule has 0 atom stereocenters. The van der Waals surface area contributed by atoms with Crippen LogP contribution in [0.15, 0.2) is 24.7 Å². The second-order valence-corrected chi connectivity index (χ2v) is 6.09. The Morgan fingerprint density at radius 2 is 2.00 bits per heavy atom. The smallest absolute Gasteiger partial charge is 0.254 e. The Morgan fingerprint density at radius 1 is 1.22 bits per heavy atom. The summed E-state index contributed by atoms with van der Waals surface area (Å²) in [5.41, 5.74) is 0.951. The summed E-state index contributed by atoms with van der Waals surface area (Å²) in [4.78, 5) is 10.8. The molecule has 3 aromatic heterocycles. The predicted molar refractivity (Wildman–Crippen MR) is 84.1 cm³/mol. The quantitative estimate of drug-likeness (QED) is 0.748. The number of rotatable bonds is 2. The van der Waals surface area contributed by atoms with Gasteiger partial charge in [0.25, 0.3) is 5.78 Å². The monoisotopic (exact) mass is 313 g/mol. The maximum atomic E-state index is 11.0. The normalized spacial score (nSPS) is 17.8. The van der Waals surface area contributed by atoms with Crippen molar-refractivity contribution in [1.29, 1.82) is 0 Å². The van der Waals surface area contributed by atoms with E-state index in [-0.39, 0.29) is 0 Å². The fraction of sp³-hybridized carbons (Fsp3) is 0.467. The van der Waals surface area contributed by atoms with Gasteiger partial charge in [-0.2, -0.15) is 19.7 Å². The van der Waals surface area contributed by atoms with Crippen LogP contribution >= 0.6 is 0 Å². The third-order valence-electron chi connectivity index (χ3n) is 4.57. The molecule has 8 heteroatoms. The van der Waals surface area contributed by atoms with Crippen molar-refractivity contribution in [2.75, 3.05) is 18.0 Å². The molecular formula is C15H19N7O. The number of hydrogen-bond donors (Lipinski definition) is 1. The van der Waals surface area contributed by atoms with Gasteiger partial charge >= 0.3 is 0 Å². The lowest BCUT2D eigenvalue weighted by molar-refractivity contribution is 0.00397. The third-order valence-corrected chi connectivity index (χ3v) is 4.57. The highest BCUT2D eigenvalue weighted by Gasteiger charge is 2.36. The molecule has 23 heavy (non-hydrogen) atoms. The van der Waals surface area contributed by atoms with Crippen molar-refractivity contribution < 1.29 is 5.11 Å². The zero-order chi connectivity index (χ0) is 16.0. The molecule has 0 bridgehead atoms. The van der Waals surface area contributed by atoms with Crippen LogP contribution in [0.2, 0.25) is 0 Å². The minimum Gasteiger partial charge on any atom is -0.383 e. The van der Waals surface area contributed by atoms with Gasteiger partial charge in [0.2, 0.25) is 0 Å². The van der Waals surface area contributed by atoms with Crippen LogP contribution in [-0.4, -0.2) is 47.6 Å². The summed E-state index contributed by atoms with van der Waals surface area (Å²) in [5, 5.41) is 19.4. The Hall–Kier alpha value is -2.48. The van der Waals surface area contributed by atoms with Crippen LogP contribution < -0.4 is 4.90 Å². The van der Waals surface area contributed by atoms with Gasteiger partial charge in [0.05, 0.1) is 5.69 Å². The van der Waals surface area contributed by atoms with E-state index in [1.54, 1.807) is 15.4 Å². The molecule has 1 aliphatic heterocycles. The number of hydrogen-bond acceptors (Lipinski definition) is 6. The van der Waals surface area contributed by atoms with E-state index >= 15 is 0 Å². The average Bonchev–Trinajstić information content (AvgIpc) is 3.16. The number of aryl methyl sites for hydroxylation is 2. The van der Waals surface area contributed by atoms with Crippen molar-refractivity contribution in [1.82, 2.24) is 29.4 Å². The Balaban J connectivity index is 1.62. The lowest BCUT2D eigenvalue weighted by Crippen LogP contribution is -2.44. The van der Waals surface area contributed by atoms with Crippen molar-refractivity contribution in [2.24, 2.45) is 7.05 Å². The van der Waals surface area contributed by atoms with Crippen LogP contribution in [0.4, 0.5) is 5.82 Å². The highest BCUT2D eigenvalue weighted by atomic mass is 16.3. The molecule has 3 aromatic rings. The van der Waals surface area contributed by atoms with Crippen LogP contribution in [-0.2, 0) is 12.6 Å². The summed E-state index contributed by atoms with van der Waals surface area (Å²) in [7, 11) is 1.87. The average molecular weight is 313 g/mol. The second-order valence-electron chi connectivity index (χ2n) is 6.09. The molecule has 4 rings (SSSR count). The topological polar surface area (TPSA) is 84.4 Å². The maximum Gasteiger partial charge on any atom is 0.254 e. The molecule has 0 aliphatic carbocycles. The van der Waals surface area contributed by atoms with E-state index in [0.717, 1.165) is 30.3 Å². The zero-order valence-corrected chi connectivity index (χ0v) is 13.2. The van der Waals surface area contributed by atoms with Crippen LogP contribution in [0, 0.1) is 6.92 Å². The van der Waals surface area contributed by atoms with E-state index in [1.165, 1.54) is 6.33 Å². The molecular weight excluding hydrogens is 294 g/mol. The van der Waals surface area contributed by atoms with E-state index in [1.807, 2.05) is 26.1 Å². The van der Waals surface area contributed by atoms with Gasteiger partial charge < -0.3 is 10.0 Å². The Kier molecular flexibility index (Phi) is 3.08. The predicted octanol–water partition coefficient (Wildman–Crippen LogP) is 0.654. The first kappa shape index (κ1) is 14.1. The Bertz CT molecular complexity index is 845. The lowest BCUT2D eigenvalue weighted by Gasteiger charge is -2.39. The summed E-state index contributed by atoms with van der Waals surface area (Å²) < 4.78 is 3.50. The molecule has 4 heterocycles. The third kappa shape index (κ3) is 2.26. The molecule has 120 valence electrons. The zero-order valence-electron chi connectivity index (χ0n) is 13.2. The standard InChI is InChI=1S/C15H19N7O/c1-11-9-13(22-14(19-11)16-10-18-22)21-7-4-15(23,5-8-21)12-3-6-17-20(12)2/h3,6,9-10,23H,4-5,7-8H2,1-2H3. The van der Waals surface area contributed by atoms with Gasteiger partial charge in [-0.15, -0.1) is 0 Å². The van der Waals surface area contributed by atoms with E-state index in [2.05, 4.69) is 25.1 Å². The van der Waals surface area contributed by atoms with Gasteiger partial charge in [0.1, 0.15) is 17.7 Å². The molecule has 8 nitrogen and oxygen atoms in total. The number of piperidine rings is 1.